The molecule has 1 fully saturated rings. The molecule has 0 spiro atoms. The van der Waals surface area contributed by atoms with E-state index in [-0.39, 0.29) is 11.2 Å². The van der Waals surface area contributed by atoms with Crippen LogP contribution in [-0.4, -0.2) is 48.2 Å². The molecule has 0 aliphatic carbocycles. The predicted molar refractivity (Wildman–Crippen MR) is 124 cm³/mol. The van der Waals surface area contributed by atoms with Crippen LogP contribution in [0.4, 0.5) is 5.69 Å². The van der Waals surface area contributed by atoms with E-state index >= 15 is 0 Å². The lowest BCUT2D eigenvalue weighted by atomic mass is 9.93. The Hall–Kier alpha value is -3.04. The van der Waals surface area contributed by atoms with Gasteiger partial charge < -0.3 is 19.3 Å². The first-order chi connectivity index (χ1) is 14.6. The number of nitrogens with zero attached hydrogens (tertiary/aromatic N) is 4. The Balaban J connectivity index is 2.07. The van der Waals surface area contributed by atoms with Crippen LogP contribution in [0.3, 0.4) is 0 Å². The van der Waals surface area contributed by atoms with Crippen molar-refractivity contribution in [2.75, 3.05) is 32.1 Å². The molecule has 3 aromatic rings. The zero-order valence-corrected chi connectivity index (χ0v) is 19.2. The largest absolute Gasteiger partial charge is 0.508 e. The molecule has 162 valence electrons. The van der Waals surface area contributed by atoms with Crippen LogP contribution in [0.1, 0.15) is 44.2 Å². The lowest BCUT2D eigenvalue weighted by Crippen LogP contribution is -2.31. The van der Waals surface area contributed by atoms with Crippen molar-refractivity contribution in [3.05, 3.63) is 41.3 Å². The number of phenolic OH excluding ortho intramolecular Hbond substituents is 1. The Kier molecular flexibility index (Phi) is 5.18. The van der Waals surface area contributed by atoms with E-state index in [2.05, 4.69) is 50.7 Å². The second-order valence-electron chi connectivity index (χ2n) is 9.68. The third kappa shape index (κ3) is 3.64. The van der Waals surface area contributed by atoms with Crippen LogP contribution in [0.25, 0.3) is 22.2 Å². The van der Waals surface area contributed by atoms with Gasteiger partial charge in [-0.05, 0) is 50.7 Å². The van der Waals surface area contributed by atoms with E-state index in [9.17, 15) is 10.4 Å². The highest BCUT2D eigenvalue weighted by Crippen LogP contribution is 2.45. The first kappa shape index (κ1) is 21.2. The smallest absolute Gasteiger partial charge is 0.201 e. The number of aromatic hydroxyl groups is 1. The third-order valence-electron chi connectivity index (χ3n) is 6.16. The molecule has 0 amide bonds. The number of phenols is 1. The number of likely N-dealkylation sites (N-methyl/N-ethyl adjacent to an activating group) is 1. The summed E-state index contributed by atoms with van der Waals surface area (Å²) in [6.07, 6.45) is 1.05. The zero-order valence-electron chi connectivity index (χ0n) is 19.2. The number of anilines is 1. The number of oxazole rings is 1. The van der Waals surface area contributed by atoms with Crippen molar-refractivity contribution in [2.24, 2.45) is 0 Å². The van der Waals surface area contributed by atoms with E-state index in [0.29, 0.717) is 28.6 Å². The lowest BCUT2D eigenvalue weighted by Gasteiger charge is -2.25. The molecule has 0 saturated carbocycles. The van der Waals surface area contributed by atoms with Gasteiger partial charge in [-0.3, -0.25) is 0 Å². The molecule has 6 nitrogen and oxygen atoms in total. The van der Waals surface area contributed by atoms with Crippen molar-refractivity contribution in [3.63, 3.8) is 0 Å². The molecule has 1 aliphatic rings. The number of aromatic nitrogens is 1. The SMILES string of the molecule is Cc1c(-c2cccc(O)c2)c(N2CC[C@H](N(C)C)C2)c2oc(C(C)(C)C)nc2c1C#N. The fraction of sp³-hybridized carbons (Fsp3) is 0.440. The van der Waals surface area contributed by atoms with Gasteiger partial charge in [0.15, 0.2) is 5.58 Å². The van der Waals surface area contributed by atoms with Gasteiger partial charge >= 0.3 is 0 Å². The molecule has 0 bridgehead atoms. The van der Waals surface area contributed by atoms with E-state index in [0.717, 1.165) is 41.9 Å². The number of rotatable bonds is 3. The average molecular weight is 419 g/mol. The van der Waals surface area contributed by atoms with Crippen LogP contribution in [0.2, 0.25) is 0 Å². The minimum absolute atomic E-state index is 0.196. The summed E-state index contributed by atoms with van der Waals surface area (Å²) in [7, 11) is 4.21. The normalized spacial score (nSPS) is 17.0. The summed E-state index contributed by atoms with van der Waals surface area (Å²) in [6.45, 7) is 9.90. The van der Waals surface area contributed by atoms with Gasteiger partial charge in [-0.1, -0.05) is 32.9 Å². The summed E-state index contributed by atoms with van der Waals surface area (Å²) in [4.78, 5) is 9.38. The molecule has 2 aromatic carbocycles. The van der Waals surface area contributed by atoms with Crippen molar-refractivity contribution in [1.29, 1.82) is 5.26 Å². The second-order valence-corrected chi connectivity index (χ2v) is 9.68. The molecule has 1 atom stereocenters. The molecule has 31 heavy (non-hydrogen) atoms. The standard InChI is InChI=1S/C25H30N4O2/c1-15-19(13-26)21-23(31-24(27-21)25(2,3)4)22(29-11-10-17(14-29)28(5)6)20(15)16-8-7-9-18(30)12-16/h7-9,12,17,30H,10-11,14H2,1-6H3/t17-/m0/s1. The number of nitriles is 1. The molecule has 2 heterocycles. The van der Waals surface area contributed by atoms with Crippen LogP contribution in [0.5, 0.6) is 5.75 Å². The van der Waals surface area contributed by atoms with E-state index in [1.807, 2.05) is 19.1 Å². The quantitative estimate of drug-likeness (QED) is 0.657. The van der Waals surface area contributed by atoms with Gasteiger partial charge in [-0.15, -0.1) is 0 Å². The number of benzene rings is 2. The number of fused-ring (bicyclic) bond motifs is 1. The Morgan fingerprint density at radius 1 is 1.29 bits per heavy atom. The van der Waals surface area contributed by atoms with Gasteiger partial charge in [0.1, 0.15) is 17.3 Å². The van der Waals surface area contributed by atoms with E-state index in [1.165, 1.54) is 0 Å². The average Bonchev–Trinajstić information content (AvgIpc) is 3.34. The lowest BCUT2D eigenvalue weighted by molar-refractivity contribution is 0.315. The highest BCUT2D eigenvalue weighted by molar-refractivity contribution is 6.02. The van der Waals surface area contributed by atoms with Crippen LogP contribution in [0.15, 0.2) is 28.7 Å². The van der Waals surface area contributed by atoms with Crippen molar-refractivity contribution >= 4 is 16.8 Å². The Bertz CT molecular complexity index is 1180. The summed E-state index contributed by atoms with van der Waals surface area (Å²) in [6, 6.07) is 10.0. The van der Waals surface area contributed by atoms with E-state index in [4.69, 9.17) is 9.40 Å². The zero-order chi connectivity index (χ0) is 22.5. The first-order valence-electron chi connectivity index (χ1n) is 10.7. The maximum Gasteiger partial charge on any atom is 0.201 e. The van der Waals surface area contributed by atoms with Crippen LogP contribution < -0.4 is 4.90 Å². The van der Waals surface area contributed by atoms with Crippen LogP contribution in [0, 0.1) is 18.3 Å². The van der Waals surface area contributed by atoms with Gasteiger partial charge in [-0.25, -0.2) is 4.98 Å². The van der Waals surface area contributed by atoms with Crippen molar-refractivity contribution < 1.29 is 9.52 Å². The Labute approximate surface area is 183 Å². The molecular weight excluding hydrogens is 388 g/mol. The Morgan fingerprint density at radius 2 is 2.03 bits per heavy atom. The van der Waals surface area contributed by atoms with Crippen molar-refractivity contribution in [1.82, 2.24) is 9.88 Å². The molecule has 4 rings (SSSR count). The fourth-order valence-corrected chi connectivity index (χ4v) is 4.38. The molecule has 0 unspecified atom stereocenters. The van der Waals surface area contributed by atoms with Gasteiger partial charge in [0.05, 0.1) is 11.3 Å². The Morgan fingerprint density at radius 3 is 2.61 bits per heavy atom. The fourth-order valence-electron chi connectivity index (χ4n) is 4.38. The summed E-state index contributed by atoms with van der Waals surface area (Å²) >= 11 is 0. The topological polar surface area (TPSA) is 76.5 Å². The monoisotopic (exact) mass is 418 g/mol. The van der Waals surface area contributed by atoms with Crippen LogP contribution >= 0.6 is 0 Å². The van der Waals surface area contributed by atoms with E-state index in [1.54, 1.807) is 12.1 Å². The van der Waals surface area contributed by atoms with Gasteiger partial charge in [-0.2, -0.15) is 5.26 Å². The van der Waals surface area contributed by atoms with Gasteiger partial charge in [0.2, 0.25) is 5.89 Å². The molecule has 1 aromatic heterocycles. The molecule has 6 heteroatoms. The molecule has 1 saturated heterocycles. The maximum atomic E-state index is 10.2. The van der Waals surface area contributed by atoms with Crippen LogP contribution in [-0.2, 0) is 5.41 Å². The molecule has 1 N–H and O–H groups in total. The number of hydrogen-bond acceptors (Lipinski definition) is 6. The minimum Gasteiger partial charge on any atom is -0.508 e. The maximum absolute atomic E-state index is 10.2. The summed E-state index contributed by atoms with van der Waals surface area (Å²) < 4.78 is 6.38. The molecule has 1 aliphatic heterocycles. The number of hydrogen-bond donors (Lipinski definition) is 1. The van der Waals surface area contributed by atoms with Gasteiger partial charge in [0.25, 0.3) is 0 Å². The molecule has 0 radical (unpaired) electrons. The highest BCUT2D eigenvalue weighted by atomic mass is 16.4. The van der Waals surface area contributed by atoms with Gasteiger partial charge in [0, 0.05) is 30.1 Å². The van der Waals surface area contributed by atoms with Crippen molar-refractivity contribution in [2.45, 2.75) is 45.6 Å². The van der Waals surface area contributed by atoms with E-state index < -0.39 is 0 Å². The minimum atomic E-state index is -0.278. The second kappa shape index (κ2) is 7.58. The summed E-state index contributed by atoms with van der Waals surface area (Å²) in [5.74, 6) is 0.818. The van der Waals surface area contributed by atoms with Crippen molar-refractivity contribution in [3.8, 4) is 22.9 Å². The summed E-state index contributed by atoms with van der Waals surface area (Å²) in [5, 5.41) is 20.2. The summed E-state index contributed by atoms with van der Waals surface area (Å²) in [5.41, 5.74) is 5.15. The predicted octanol–water partition coefficient (Wildman–Crippen LogP) is 4.82. The third-order valence-corrected chi connectivity index (χ3v) is 6.16. The highest BCUT2D eigenvalue weighted by Gasteiger charge is 2.33. The molecular formula is C25H30N4O2. The first-order valence-corrected chi connectivity index (χ1v) is 10.7.